The van der Waals surface area contributed by atoms with Crippen LogP contribution >= 0.6 is 35.6 Å². The predicted molar refractivity (Wildman–Crippen MR) is 102 cm³/mol. The molecule has 1 amide bonds. The number of hydrogen-bond acceptors (Lipinski definition) is 5. The molecule has 1 aliphatic heterocycles. The molecular formula is C17H12ClNO4S2. The molecule has 1 aromatic carbocycles. The summed E-state index contributed by atoms with van der Waals surface area (Å²) in [5, 5.41) is 9.31. The summed E-state index contributed by atoms with van der Waals surface area (Å²) in [6, 6.07) is 8.05. The first-order valence-corrected chi connectivity index (χ1v) is 8.89. The number of hydrogen-bond donors (Lipinski definition) is 1. The first-order valence-electron chi connectivity index (χ1n) is 7.29. The quantitative estimate of drug-likeness (QED) is 0.608. The lowest BCUT2D eigenvalue weighted by Crippen LogP contribution is -2.27. The number of carboxylic acids is 1. The van der Waals surface area contributed by atoms with Gasteiger partial charge in [-0.2, -0.15) is 0 Å². The van der Waals surface area contributed by atoms with Crippen LogP contribution in [0.15, 0.2) is 39.7 Å². The molecule has 2 heterocycles. The van der Waals surface area contributed by atoms with Crippen molar-refractivity contribution in [1.29, 1.82) is 0 Å². The minimum atomic E-state index is -1.11. The highest BCUT2D eigenvalue weighted by molar-refractivity contribution is 8.26. The van der Waals surface area contributed by atoms with Crippen LogP contribution in [0.2, 0.25) is 5.02 Å². The average molecular weight is 394 g/mol. The zero-order valence-electron chi connectivity index (χ0n) is 13.0. The summed E-state index contributed by atoms with van der Waals surface area (Å²) in [5.74, 6) is -0.285. The van der Waals surface area contributed by atoms with E-state index in [0.29, 0.717) is 32.9 Å². The number of thiocarbonyl (C=S) groups is 1. The Labute approximate surface area is 158 Å². The lowest BCUT2D eigenvalue weighted by molar-refractivity contribution is -0.122. The number of benzene rings is 1. The molecule has 25 heavy (non-hydrogen) atoms. The lowest BCUT2D eigenvalue weighted by Gasteiger charge is -2.09. The Balaban J connectivity index is 1.90. The third kappa shape index (κ3) is 3.49. The fourth-order valence-electron chi connectivity index (χ4n) is 2.33. The Kier molecular flexibility index (Phi) is 4.99. The molecule has 1 N–H and O–H groups in total. The number of aromatic carboxylic acids is 1. The second-order valence-electron chi connectivity index (χ2n) is 5.13. The van der Waals surface area contributed by atoms with Crippen molar-refractivity contribution < 1.29 is 19.1 Å². The smallest absolute Gasteiger partial charge is 0.337 e. The molecule has 1 aromatic heterocycles. The number of thioether (sulfide) groups is 1. The Morgan fingerprint density at radius 3 is 2.80 bits per heavy atom. The number of carbonyl (C=O) groups is 2. The normalized spacial score (nSPS) is 16.1. The number of amides is 1. The third-order valence-corrected chi connectivity index (χ3v) is 5.28. The Morgan fingerprint density at radius 1 is 1.40 bits per heavy atom. The molecule has 8 heteroatoms. The number of nitrogens with zero attached hydrogens (tertiary/aromatic N) is 1. The van der Waals surface area contributed by atoms with Crippen molar-refractivity contribution in [3.63, 3.8) is 0 Å². The van der Waals surface area contributed by atoms with Gasteiger partial charge in [0.1, 0.15) is 15.8 Å². The van der Waals surface area contributed by atoms with E-state index in [0.717, 1.165) is 0 Å². The molecule has 0 saturated carbocycles. The van der Waals surface area contributed by atoms with Gasteiger partial charge in [-0.3, -0.25) is 9.69 Å². The Morgan fingerprint density at radius 2 is 2.16 bits per heavy atom. The van der Waals surface area contributed by atoms with E-state index in [1.807, 2.05) is 6.92 Å². The molecule has 1 saturated heterocycles. The van der Waals surface area contributed by atoms with Gasteiger partial charge in [0.2, 0.25) is 0 Å². The van der Waals surface area contributed by atoms with E-state index in [2.05, 4.69) is 0 Å². The number of carbonyl (C=O) groups excluding carboxylic acids is 1. The molecule has 0 radical (unpaired) electrons. The molecule has 1 aliphatic rings. The van der Waals surface area contributed by atoms with Crippen molar-refractivity contribution in [3.05, 3.63) is 51.6 Å². The first kappa shape index (κ1) is 17.7. The number of rotatable bonds is 4. The summed E-state index contributed by atoms with van der Waals surface area (Å²) in [6.45, 7) is 2.38. The molecule has 3 rings (SSSR count). The van der Waals surface area contributed by atoms with Crippen LogP contribution in [0, 0.1) is 0 Å². The topological polar surface area (TPSA) is 70.8 Å². The second kappa shape index (κ2) is 7.03. The standard InChI is InChI=1S/C17H12ClNO4S2/c1-2-19-15(20)14(25-17(19)24)8-10-4-6-13(23-10)9-3-5-12(18)11(7-9)16(21)22/h3-8H,2H2,1H3,(H,21,22)/b14-8+. The maximum Gasteiger partial charge on any atom is 0.337 e. The molecule has 2 aromatic rings. The minimum Gasteiger partial charge on any atom is -0.478 e. The summed E-state index contributed by atoms with van der Waals surface area (Å²) in [4.78, 5) is 25.4. The summed E-state index contributed by atoms with van der Waals surface area (Å²) in [5.41, 5.74) is 0.587. The van der Waals surface area contributed by atoms with Gasteiger partial charge in [-0.1, -0.05) is 35.6 Å². The SMILES string of the molecule is CCN1C(=O)/C(=C\c2ccc(-c3ccc(Cl)c(C(=O)O)c3)o2)SC1=S. The highest BCUT2D eigenvalue weighted by atomic mass is 35.5. The van der Waals surface area contributed by atoms with Crippen LogP contribution in [0.4, 0.5) is 0 Å². The van der Waals surface area contributed by atoms with Crippen molar-refractivity contribution in [2.24, 2.45) is 0 Å². The minimum absolute atomic E-state index is 0.000865. The fraction of sp³-hybridized carbons (Fsp3) is 0.118. The van der Waals surface area contributed by atoms with E-state index in [1.165, 1.54) is 28.8 Å². The van der Waals surface area contributed by atoms with E-state index < -0.39 is 5.97 Å². The predicted octanol–water partition coefficient (Wildman–Crippen LogP) is 4.52. The monoisotopic (exact) mass is 393 g/mol. The molecule has 0 unspecified atom stereocenters. The van der Waals surface area contributed by atoms with Gasteiger partial charge in [-0.05, 0) is 37.3 Å². The van der Waals surface area contributed by atoms with Crippen LogP contribution in [0.5, 0.6) is 0 Å². The van der Waals surface area contributed by atoms with Crippen LogP contribution in [0.3, 0.4) is 0 Å². The highest BCUT2D eigenvalue weighted by Gasteiger charge is 2.30. The highest BCUT2D eigenvalue weighted by Crippen LogP contribution is 2.33. The third-order valence-electron chi connectivity index (χ3n) is 3.57. The fourth-order valence-corrected chi connectivity index (χ4v) is 3.89. The van der Waals surface area contributed by atoms with Gasteiger partial charge in [0.25, 0.3) is 5.91 Å². The molecule has 0 bridgehead atoms. The van der Waals surface area contributed by atoms with E-state index >= 15 is 0 Å². The van der Waals surface area contributed by atoms with Gasteiger partial charge in [-0.15, -0.1) is 0 Å². The van der Waals surface area contributed by atoms with Gasteiger partial charge in [0, 0.05) is 18.2 Å². The maximum absolute atomic E-state index is 12.2. The molecule has 0 aliphatic carbocycles. The second-order valence-corrected chi connectivity index (χ2v) is 7.21. The average Bonchev–Trinajstić information content (AvgIpc) is 3.13. The van der Waals surface area contributed by atoms with Crippen LogP contribution in [0.25, 0.3) is 17.4 Å². The summed E-state index contributed by atoms with van der Waals surface area (Å²) < 4.78 is 6.24. The summed E-state index contributed by atoms with van der Waals surface area (Å²) in [7, 11) is 0. The van der Waals surface area contributed by atoms with Gasteiger partial charge < -0.3 is 9.52 Å². The number of likely N-dealkylation sites (N-methyl/N-ethyl adjacent to an activating group) is 1. The summed E-state index contributed by atoms with van der Waals surface area (Å²) >= 11 is 12.3. The molecule has 0 spiro atoms. The number of carboxylic acid groups (broad SMARTS) is 1. The van der Waals surface area contributed by atoms with Crippen LogP contribution in [-0.2, 0) is 4.79 Å². The van der Waals surface area contributed by atoms with Gasteiger partial charge in [0.05, 0.1) is 15.5 Å². The molecular weight excluding hydrogens is 382 g/mol. The molecule has 1 fully saturated rings. The van der Waals surface area contributed by atoms with Crippen molar-refractivity contribution in [1.82, 2.24) is 4.90 Å². The number of furan rings is 1. The molecule has 128 valence electrons. The van der Waals surface area contributed by atoms with Crippen molar-refractivity contribution in [2.75, 3.05) is 6.54 Å². The largest absolute Gasteiger partial charge is 0.478 e. The zero-order valence-corrected chi connectivity index (χ0v) is 15.4. The van der Waals surface area contributed by atoms with E-state index in [9.17, 15) is 9.59 Å². The van der Waals surface area contributed by atoms with Crippen molar-refractivity contribution >= 4 is 57.9 Å². The zero-order chi connectivity index (χ0) is 18.1. The Hall–Kier alpha value is -2.09. The van der Waals surface area contributed by atoms with Crippen LogP contribution < -0.4 is 0 Å². The van der Waals surface area contributed by atoms with E-state index in [4.69, 9.17) is 33.3 Å². The van der Waals surface area contributed by atoms with Crippen molar-refractivity contribution in [3.8, 4) is 11.3 Å². The van der Waals surface area contributed by atoms with Crippen LogP contribution in [-0.4, -0.2) is 32.7 Å². The van der Waals surface area contributed by atoms with Gasteiger partial charge >= 0.3 is 5.97 Å². The van der Waals surface area contributed by atoms with Crippen molar-refractivity contribution in [2.45, 2.75) is 6.92 Å². The van der Waals surface area contributed by atoms with E-state index in [-0.39, 0.29) is 16.5 Å². The van der Waals surface area contributed by atoms with Gasteiger partial charge in [0.15, 0.2) is 0 Å². The number of halogens is 1. The molecule has 5 nitrogen and oxygen atoms in total. The Bertz CT molecular complexity index is 919. The first-order chi connectivity index (χ1) is 11.9. The molecule has 0 atom stereocenters. The van der Waals surface area contributed by atoms with Gasteiger partial charge in [-0.25, -0.2) is 4.79 Å². The lowest BCUT2D eigenvalue weighted by atomic mass is 10.1. The van der Waals surface area contributed by atoms with Crippen LogP contribution in [0.1, 0.15) is 23.0 Å². The summed E-state index contributed by atoms with van der Waals surface area (Å²) in [6.07, 6.45) is 1.63. The van der Waals surface area contributed by atoms with E-state index in [1.54, 1.807) is 24.3 Å². The maximum atomic E-state index is 12.2.